The van der Waals surface area contributed by atoms with E-state index in [1.807, 2.05) is 65.6 Å². The maximum absolute atomic E-state index is 13.5. The first-order valence-electron chi connectivity index (χ1n) is 13.2. The Morgan fingerprint density at radius 2 is 1.39 bits per heavy atom. The smallest absolute Gasteiger partial charge is 0.255 e. The number of nitrogens with zero attached hydrogens (tertiary/aromatic N) is 3. The minimum atomic E-state index is -0.232. The van der Waals surface area contributed by atoms with Crippen molar-refractivity contribution in [2.24, 2.45) is 0 Å². The van der Waals surface area contributed by atoms with E-state index in [4.69, 9.17) is 0 Å². The number of hydrogen-bond acceptors (Lipinski definition) is 3. The van der Waals surface area contributed by atoms with Crippen LogP contribution in [0.15, 0.2) is 84.9 Å². The van der Waals surface area contributed by atoms with Crippen molar-refractivity contribution in [1.82, 2.24) is 14.7 Å². The number of carbonyl (C=O) groups is 2. The van der Waals surface area contributed by atoms with Gasteiger partial charge in [0.1, 0.15) is 0 Å². The van der Waals surface area contributed by atoms with E-state index >= 15 is 0 Å². The third-order valence-electron chi connectivity index (χ3n) is 8.52. The van der Waals surface area contributed by atoms with E-state index in [1.165, 1.54) is 11.1 Å². The molecule has 0 radical (unpaired) electrons. The second-order valence-corrected chi connectivity index (χ2v) is 10.4. The molecule has 0 N–H and O–H groups in total. The number of rotatable bonds is 4. The molecule has 0 aromatic heterocycles. The van der Waals surface area contributed by atoms with Gasteiger partial charge < -0.3 is 14.7 Å². The first-order chi connectivity index (χ1) is 17.7. The van der Waals surface area contributed by atoms with E-state index in [9.17, 15) is 9.59 Å². The van der Waals surface area contributed by atoms with E-state index in [0.29, 0.717) is 12.6 Å². The van der Waals surface area contributed by atoms with Gasteiger partial charge >= 0.3 is 0 Å². The van der Waals surface area contributed by atoms with Crippen LogP contribution in [-0.4, -0.2) is 58.7 Å². The average Bonchev–Trinajstić information content (AvgIpc) is 3.17. The highest BCUT2D eigenvalue weighted by molar-refractivity contribution is 6.00. The normalized spacial score (nSPS) is 20.1. The summed E-state index contributed by atoms with van der Waals surface area (Å²) in [5, 5.41) is 0. The van der Waals surface area contributed by atoms with Crippen LogP contribution < -0.4 is 0 Å². The summed E-state index contributed by atoms with van der Waals surface area (Å²) < 4.78 is 0. The fraction of sp³-hybridized carbons (Fsp3) is 0.355. The van der Waals surface area contributed by atoms with E-state index < -0.39 is 0 Å². The molecule has 2 amide bonds. The SMILES string of the molecule is O=C(c1ccccc1)N1CCC(N2CCC3(CC2)c2ccccc2C(=O)N3Cc2ccccc2)CC1. The van der Waals surface area contributed by atoms with Crippen LogP contribution in [0.2, 0.25) is 0 Å². The van der Waals surface area contributed by atoms with E-state index in [0.717, 1.165) is 63.0 Å². The largest absolute Gasteiger partial charge is 0.339 e. The van der Waals surface area contributed by atoms with Crippen molar-refractivity contribution < 1.29 is 9.59 Å². The molecule has 184 valence electrons. The molecule has 3 aliphatic heterocycles. The molecule has 0 aliphatic carbocycles. The molecule has 2 fully saturated rings. The molecule has 36 heavy (non-hydrogen) atoms. The molecule has 0 unspecified atom stereocenters. The van der Waals surface area contributed by atoms with Gasteiger partial charge in [0.15, 0.2) is 0 Å². The summed E-state index contributed by atoms with van der Waals surface area (Å²) in [7, 11) is 0. The predicted molar refractivity (Wildman–Crippen MR) is 141 cm³/mol. The van der Waals surface area contributed by atoms with Crippen LogP contribution in [0.1, 0.15) is 57.5 Å². The standard InChI is InChI=1S/C31H33N3O2/c35-29(25-11-5-2-6-12-25)33-19-15-26(16-20-33)32-21-17-31(18-22-32)28-14-8-7-13-27(28)30(36)34(31)23-24-9-3-1-4-10-24/h1-14,26H,15-23H2. The van der Waals surface area contributed by atoms with Gasteiger partial charge in [-0.2, -0.15) is 0 Å². The van der Waals surface area contributed by atoms with Crippen LogP contribution in [0.25, 0.3) is 0 Å². The lowest BCUT2D eigenvalue weighted by atomic mass is 9.80. The molecule has 3 aliphatic rings. The molecular weight excluding hydrogens is 446 g/mol. The van der Waals surface area contributed by atoms with Gasteiger partial charge in [-0.1, -0.05) is 66.7 Å². The highest BCUT2D eigenvalue weighted by atomic mass is 16.2. The maximum Gasteiger partial charge on any atom is 0.255 e. The number of benzene rings is 3. The minimum Gasteiger partial charge on any atom is -0.339 e. The molecule has 0 atom stereocenters. The summed E-state index contributed by atoms with van der Waals surface area (Å²) >= 11 is 0. The zero-order chi connectivity index (χ0) is 24.5. The monoisotopic (exact) mass is 479 g/mol. The molecule has 6 rings (SSSR count). The quantitative estimate of drug-likeness (QED) is 0.533. The Hall–Kier alpha value is -3.44. The third-order valence-corrected chi connectivity index (χ3v) is 8.52. The van der Waals surface area contributed by atoms with E-state index in [1.54, 1.807) is 0 Å². The highest BCUT2D eigenvalue weighted by Crippen LogP contribution is 2.47. The summed E-state index contributed by atoms with van der Waals surface area (Å²) in [4.78, 5) is 33.2. The molecule has 3 aromatic rings. The molecule has 0 saturated carbocycles. The van der Waals surface area contributed by atoms with Crippen LogP contribution in [0.3, 0.4) is 0 Å². The van der Waals surface area contributed by atoms with Crippen molar-refractivity contribution in [3.8, 4) is 0 Å². The zero-order valence-corrected chi connectivity index (χ0v) is 20.7. The van der Waals surface area contributed by atoms with Crippen LogP contribution in [0, 0.1) is 0 Å². The number of fused-ring (bicyclic) bond motifs is 2. The number of piperidine rings is 2. The van der Waals surface area contributed by atoms with E-state index in [-0.39, 0.29) is 17.4 Å². The first kappa shape index (κ1) is 23.0. The third kappa shape index (κ3) is 4.01. The van der Waals surface area contributed by atoms with Crippen molar-refractivity contribution in [1.29, 1.82) is 0 Å². The van der Waals surface area contributed by atoms with Gasteiger partial charge in [-0.25, -0.2) is 0 Å². The molecule has 5 heteroatoms. The zero-order valence-electron chi connectivity index (χ0n) is 20.7. The van der Waals surface area contributed by atoms with Crippen molar-refractivity contribution in [2.45, 2.75) is 43.8 Å². The van der Waals surface area contributed by atoms with Gasteiger partial charge in [-0.3, -0.25) is 9.59 Å². The number of likely N-dealkylation sites (tertiary alicyclic amines) is 2. The first-order valence-corrected chi connectivity index (χ1v) is 13.2. The molecule has 2 saturated heterocycles. The number of hydrogen-bond donors (Lipinski definition) is 0. The Labute approximate surface area is 213 Å². The minimum absolute atomic E-state index is 0.143. The summed E-state index contributed by atoms with van der Waals surface area (Å²) in [6.45, 7) is 4.21. The van der Waals surface area contributed by atoms with Crippen LogP contribution in [0.5, 0.6) is 0 Å². The lowest BCUT2D eigenvalue weighted by Crippen LogP contribution is -2.55. The molecule has 3 aromatic carbocycles. The topological polar surface area (TPSA) is 43.9 Å². The lowest BCUT2D eigenvalue weighted by molar-refractivity contribution is 0.00533. The average molecular weight is 480 g/mol. The van der Waals surface area contributed by atoms with Crippen molar-refractivity contribution in [2.75, 3.05) is 26.2 Å². The molecule has 5 nitrogen and oxygen atoms in total. The Morgan fingerprint density at radius 3 is 2.08 bits per heavy atom. The number of amides is 2. The molecule has 1 spiro atoms. The Kier molecular flexibility index (Phi) is 6.10. The van der Waals surface area contributed by atoms with Crippen molar-refractivity contribution in [3.05, 3.63) is 107 Å². The fourth-order valence-corrected chi connectivity index (χ4v) is 6.55. The van der Waals surface area contributed by atoms with Crippen molar-refractivity contribution >= 4 is 11.8 Å². The van der Waals surface area contributed by atoms with Crippen molar-refractivity contribution in [3.63, 3.8) is 0 Å². The maximum atomic E-state index is 13.5. The van der Waals surface area contributed by atoms with Crippen LogP contribution >= 0.6 is 0 Å². The summed E-state index contributed by atoms with van der Waals surface area (Å²) in [5.74, 6) is 0.305. The van der Waals surface area contributed by atoms with Gasteiger partial charge in [-0.15, -0.1) is 0 Å². The summed E-state index contributed by atoms with van der Waals surface area (Å²) in [6.07, 6.45) is 3.92. The highest BCUT2D eigenvalue weighted by Gasteiger charge is 2.51. The Bertz CT molecular complexity index is 1230. The Balaban J connectivity index is 1.15. The van der Waals surface area contributed by atoms with Gasteiger partial charge in [0.2, 0.25) is 0 Å². The fourth-order valence-electron chi connectivity index (χ4n) is 6.55. The summed E-state index contributed by atoms with van der Waals surface area (Å²) in [6, 6.07) is 28.7. The van der Waals surface area contributed by atoms with Gasteiger partial charge in [0, 0.05) is 49.9 Å². The van der Waals surface area contributed by atoms with Gasteiger partial charge in [0.25, 0.3) is 11.8 Å². The predicted octanol–water partition coefficient (Wildman–Crippen LogP) is 4.94. The summed E-state index contributed by atoms with van der Waals surface area (Å²) in [5.41, 5.74) is 3.79. The Morgan fingerprint density at radius 1 is 0.778 bits per heavy atom. The molecule has 3 heterocycles. The van der Waals surface area contributed by atoms with Gasteiger partial charge in [0.05, 0.1) is 5.54 Å². The second-order valence-electron chi connectivity index (χ2n) is 10.4. The van der Waals surface area contributed by atoms with E-state index in [2.05, 4.69) is 34.1 Å². The van der Waals surface area contributed by atoms with Gasteiger partial charge in [-0.05, 0) is 55.0 Å². The van der Waals surface area contributed by atoms with Crippen LogP contribution in [-0.2, 0) is 12.1 Å². The lowest BCUT2D eigenvalue weighted by Gasteiger charge is -2.48. The van der Waals surface area contributed by atoms with Crippen LogP contribution in [0.4, 0.5) is 0 Å². The number of carbonyl (C=O) groups excluding carboxylic acids is 2. The molecule has 0 bridgehead atoms. The molecular formula is C31H33N3O2. The second kappa shape index (κ2) is 9.55.